The molecule has 94 valence electrons. The number of anilines is 1. The highest BCUT2D eigenvalue weighted by atomic mass is 16.1. The number of piperidine rings is 1. The van der Waals surface area contributed by atoms with Crippen molar-refractivity contribution in [3.63, 3.8) is 0 Å². The zero-order valence-corrected chi connectivity index (χ0v) is 10.4. The van der Waals surface area contributed by atoms with Gasteiger partial charge >= 0.3 is 0 Å². The lowest BCUT2D eigenvalue weighted by molar-refractivity contribution is -0.125. The molecule has 0 bridgehead atoms. The van der Waals surface area contributed by atoms with Gasteiger partial charge in [-0.15, -0.1) is 0 Å². The highest BCUT2D eigenvalue weighted by molar-refractivity contribution is 5.78. The van der Waals surface area contributed by atoms with Crippen molar-refractivity contribution in [2.24, 2.45) is 5.92 Å². The molecular weight excluding hydrogens is 228 g/mol. The maximum atomic E-state index is 11.5. The molecule has 0 radical (unpaired) electrons. The van der Waals surface area contributed by atoms with Gasteiger partial charge in [0.2, 0.25) is 5.91 Å². The summed E-state index contributed by atoms with van der Waals surface area (Å²) >= 11 is 0. The van der Waals surface area contributed by atoms with Gasteiger partial charge in [-0.2, -0.15) is 5.26 Å². The zero-order chi connectivity index (χ0) is 13.0. The van der Waals surface area contributed by atoms with Crippen LogP contribution in [-0.4, -0.2) is 31.0 Å². The van der Waals surface area contributed by atoms with E-state index in [2.05, 4.69) is 21.3 Å². The van der Waals surface area contributed by atoms with Gasteiger partial charge in [-0.25, -0.2) is 0 Å². The van der Waals surface area contributed by atoms with Gasteiger partial charge in [0.05, 0.1) is 17.4 Å². The van der Waals surface area contributed by atoms with E-state index in [1.54, 1.807) is 25.5 Å². The summed E-state index contributed by atoms with van der Waals surface area (Å²) in [7, 11) is 1.67. The van der Waals surface area contributed by atoms with Crippen molar-refractivity contribution in [3.05, 3.63) is 24.0 Å². The molecule has 0 saturated carbocycles. The van der Waals surface area contributed by atoms with Crippen LogP contribution in [0.5, 0.6) is 0 Å². The Morgan fingerprint density at radius 2 is 2.28 bits per heavy atom. The monoisotopic (exact) mass is 244 g/mol. The van der Waals surface area contributed by atoms with Crippen molar-refractivity contribution in [1.29, 1.82) is 5.26 Å². The lowest BCUT2D eigenvalue weighted by Gasteiger charge is -2.32. The molecule has 1 aliphatic heterocycles. The summed E-state index contributed by atoms with van der Waals surface area (Å²) in [6, 6.07) is 3.90. The number of carbonyl (C=O) groups is 1. The molecule has 5 nitrogen and oxygen atoms in total. The van der Waals surface area contributed by atoms with E-state index in [4.69, 9.17) is 5.26 Å². The molecule has 1 aliphatic rings. The fourth-order valence-corrected chi connectivity index (χ4v) is 2.32. The van der Waals surface area contributed by atoms with Crippen LogP contribution in [0.2, 0.25) is 0 Å². The number of hydrogen-bond acceptors (Lipinski definition) is 4. The summed E-state index contributed by atoms with van der Waals surface area (Å²) in [6.45, 7) is 1.58. The quantitative estimate of drug-likeness (QED) is 0.839. The Balaban J connectivity index is 2.06. The second kappa shape index (κ2) is 5.50. The van der Waals surface area contributed by atoms with Gasteiger partial charge in [0.1, 0.15) is 6.07 Å². The van der Waals surface area contributed by atoms with Crippen LogP contribution < -0.4 is 10.2 Å². The summed E-state index contributed by atoms with van der Waals surface area (Å²) in [5.74, 6) is 0.204. The topological polar surface area (TPSA) is 69.0 Å². The molecule has 5 heteroatoms. The number of pyridine rings is 1. The van der Waals surface area contributed by atoms with Crippen LogP contribution in [0.1, 0.15) is 18.4 Å². The molecule has 1 aromatic rings. The van der Waals surface area contributed by atoms with Crippen LogP contribution in [0, 0.1) is 17.2 Å². The van der Waals surface area contributed by atoms with E-state index in [9.17, 15) is 4.79 Å². The third kappa shape index (κ3) is 2.43. The largest absolute Gasteiger partial charge is 0.369 e. The van der Waals surface area contributed by atoms with Gasteiger partial charge in [-0.3, -0.25) is 9.78 Å². The first-order chi connectivity index (χ1) is 8.76. The lowest BCUT2D eigenvalue weighted by atomic mass is 9.95. The summed E-state index contributed by atoms with van der Waals surface area (Å²) in [5.41, 5.74) is 1.51. The molecule has 1 amide bonds. The fourth-order valence-electron chi connectivity index (χ4n) is 2.32. The Hall–Kier alpha value is -2.09. The number of aromatic nitrogens is 1. The number of nitrogens with one attached hydrogen (secondary N) is 1. The first-order valence-corrected chi connectivity index (χ1v) is 6.07. The van der Waals surface area contributed by atoms with Crippen molar-refractivity contribution in [2.45, 2.75) is 12.8 Å². The van der Waals surface area contributed by atoms with Crippen molar-refractivity contribution in [2.75, 3.05) is 25.0 Å². The van der Waals surface area contributed by atoms with Crippen LogP contribution >= 0.6 is 0 Å². The summed E-state index contributed by atoms with van der Waals surface area (Å²) in [4.78, 5) is 17.7. The third-order valence-corrected chi connectivity index (χ3v) is 3.37. The van der Waals surface area contributed by atoms with E-state index in [-0.39, 0.29) is 11.8 Å². The molecule has 0 unspecified atom stereocenters. The Bertz CT molecular complexity index is 472. The van der Waals surface area contributed by atoms with Gasteiger partial charge in [0, 0.05) is 32.3 Å². The van der Waals surface area contributed by atoms with Gasteiger partial charge < -0.3 is 10.2 Å². The molecule has 0 aromatic carbocycles. The Kier molecular flexibility index (Phi) is 3.78. The first-order valence-electron chi connectivity index (χ1n) is 6.07. The Morgan fingerprint density at radius 1 is 1.56 bits per heavy atom. The molecule has 2 rings (SSSR count). The molecular formula is C13H16N4O. The first kappa shape index (κ1) is 12.4. The highest BCUT2D eigenvalue weighted by Crippen LogP contribution is 2.25. The van der Waals surface area contributed by atoms with Crippen LogP contribution in [0.25, 0.3) is 0 Å². The molecule has 1 saturated heterocycles. The number of amides is 1. The summed E-state index contributed by atoms with van der Waals surface area (Å²) < 4.78 is 0. The minimum absolute atomic E-state index is 0.0912. The minimum atomic E-state index is 0.0912. The van der Waals surface area contributed by atoms with Gasteiger partial charge in [0.25, 0.3) is 0 Å². The Labute approximate surface area is 106 Å². The fraction of sp³-hybridized carbons (Fsp3) is 0.462. The van der Waals surface area contributed by atoms with E-state index in [1.807, 2.05) is 0 Å². The second-order valence-corrected chi connectivity index (χ2v) is 4.38. The van der Waals surface area contributed by atoms with Crippen LogP contribution in [0.15, 0.2) is 18.5 Å². The smallest absolute Gasteiger partial charge is 0.222 e. The number of hydrogen-bond donors (Lipinski definition) is 1. The summed E-state index contributed by atoms with van der Waals surface area (Å²) in [5, 5.41) is 11.7. The van der Waals surface area contributed by atoms with Gasteiger partial charge in [-0.05, 0) is 18.9 Å². The van der Waals surface area contributed by atoms with E-state index in [0.29, 0.717) is 5.56 Å². The van der Waals surface area contributed by atoms with Crippen LogP contribution in [0.4, 0.5) is 5.69 Å². The van der Waals surface area contributed by atoms with Gasteiger partial charge in [0.15, 0.2) is 0 Å². The molecule has 0 atom stereocenters. The zero-order valence-electron chi connectivity index (χ0n) is 10.4. The molecule has 18 heavy (non-hydrogen) atoms. The maximum absolute atomic E-state index is 11.5. The molecule has 1 N–H and O–H groups in total. The average molecular weight is 244 g/mol. The molecule has 1 aromatic heterocycles. The number of nitrogens with zero attached hydrogens (tertiary/aromatic N) is 3. The molecule has 0 aliphatic carbocycles. The second-order valence-electron chi connectivity index (χ2n) is 4.38. The number of carbonyl (C=O) groups excluding carboxylic acids is 1. The third-order valence-electron chi connectivity index (χ3n) is 3.37. The SMILES string of the molecule is CNC(=O)C1CCN(c2cnccc2C#N)CC1. The van der Waals surface area contributed by atoms with Crippen molar-refractivity contribution >= 4 is 11.6 Å². The summed E-state index contributed by atoms with van der Waals surface area (Å²) in [6.07, 6.45) is 4.98. The normalized spacial score (nSPS) is 16.1. The standard InChI is InChI=1S/C13H16N4O/c1-15-13(18)10-3-6-17(7-4-10)12-9-16-5-2-11(12)8-14/h2,5,9-10H,3-4,6-7H2,1H3,(H,15,18). The van der Waals surface area contributed by atoms with E-state index >= 15 is 0 Å². The van der Waals surface area contributed by atoms with Crippen LogP contribution in [-0.2, 0) is 4.79 Å². The molecule has 1 fully saturated rings. The van der Waals surface area contributed by atoms with E-state index in [0.717, 1.165) is 31.6 Å². The molecule has 2 heterocycles. The number of nitriles is 1. The minimum Gasteiger partial charge on any atom is -0.369 e. The Morgan fingerprint density at radius 3 is 2.89 bits per heavy atom. The predicted molar refractivity (Wildman–Crippen MR) is 68.0 cm³/mol. The number of rotatable bonds is 2. The van der Waals surface area contributed by atoms with Crippen molar-refractivity contribution < 1.29 is 4.79 Å². The molecule has 0 spiro atoms. The average Bonchev–Trinajstić information content (AvgIpc) is 2.46. The van der Waals surface area contributed by atoms with E-state index in [1.165, 1.54) is 0 Å². The van der Waals surface area contributed by atoms with Crippen LogP contribution in [0.3, 0.4) is 0 Å². The highest BCUT2D eigenvalue weighted by Gasteiger charge is 2.25. The van der Waals surface area contributed by atoms with Crippen molar-refractivity contribution in [1.82, 2.24) is 10.3 Å². The predicted octanol–water partition coefficient (Wildman–Crippen LogP) is 0.916. The lowest BCUT2D eigenvalue weighted by Crippen LogP contribution is -2.39. The maximum Gasteiger partial charge on any atom is 0.222 e. The van der Waals surface area contributed by atoms with E-state index < -0.39 is 0 Å². The van der Waals surface area contributed by atoms with Gasteiger partial charge in [-0.1, -0.05) is 0 Å². The van der Waals surface area contributed by atoms with Crippen molar-refractivity contribution in [3.8, 4) is 6.07 Å².